The molecule has 8 nitrogen and oxygen atoms in total. The molecule has 0 bridgehead atoms. The van der Waals surface area contributed by atoms with Crippen LogP contribution in [-0.2, 0) is 31.0 Å². The van der Waals surface area contributed by atoms with Crippen LogP contribution in [0, 0.1) is 6.92 Å². The second-order valence-electron chi connectivity index (χ2n) is 6.01. The van der Waals surface area contributed by atoms with E-state index in [0.29, 0.717) is 17.0 Å². The van der Waals surface area contributed by atoms with E-state index in [2.05, 4.69) is 10.0 Å². The minimum absolute atomic E-state index is 0.0309. The molecule has 0 aliphatic rings. The van der Waals surface area contributed by atoms with Crippen molar-refractivity contribution in [1.82, 2.24) is 4.72 Å². The largest absolute Gasteiger partial charge is 0.496 e. The first-order chi connectivity index (χ1) is 13.2. The minimum Gasteiger partial charge on any atom is -0.496 e. The van der Waals surface area contributed by atoms with Gasteiger partial charge < -0.3 is 14.8 Å². The molecule has 0 saturated carbocycles. The summed E-state index contributed by atoms with van der Waals surface area (Å²) in [6.45, 7) is 2.71. The molecule has 0 saturated heterocycles. The van der Waals surface area contributed by atoms with E-state index in [1.54, 1.807) is 6.07 Å². The summed E-state index contributed by atoms with van der Waals surface area (Å²) in [5, 5.41) is 2.54. The quantitative estimate of drug-likeness (QED) is 0.649. The van der Waals surface area contributed by atoms with Gasteiger partial charge in [0.05, 0.1) is 12.0 Å². The summed E-state index contributed by atoms with van der Waals surface area (Å²) in [7, 11) is -2.38. The first kappa shape index (κ1) is 21.4. The third kappa shape index (κ3) is 6.07. The zero-order valence-corrected chi connectivity index (χ0v) is 16.6. The third-order valence-electron chi connectivity index (χ3n) is 3.72. The molecule has 1 amide bonds. The van der Waals surface area contributed by atoms with Crippen molar-refractivity contribution in [3.63, 3.8) is 0 Å². The maximum absolute atomic E-state index is 12.3. The number of methoxy groups -OCH3 is 1. The van der Waals surface area contributed by atoms with E-state index in [1.807, 2.05) is 19.1 Å². The molecule has 2 rings (SSSR count). The summed E-state index contributed by atoms with van der Waals surface area (Å²) in [5.74, 6) is -0.401. The van der Waals surface area contributed by atoms with Crippen molar-refractivity contribution in [2.75, 3.05) is 19.0 Å². The molecule has 0 radical (unpaired) electrons. The number of anilines is 1. The van der Waals surface area contributed by atoms with Crippen molar-refractivity contribution in [3.8, 4) is 5.75 Å². The molecular weight excluding hydrogens is 384 g/mol. The number of hydrogen-bond acceptors (Lipinski definition) is 6. The number of nitrogens with one attached hydrogen (secondary N) is 2. The summed E-state index contributed by atoms with van der Waals surface area (Å²) in [6.07, 6.45) is 0. The van der Waals surface area contributed by atoms with Crippen molar-refractivity contribution in [1.29, 1.82) is 0 Å². The zero-order chi connectivity index (χ0) is 20.7. The fourth-order valence-electron chi connectivity index (χ4n) is 2.39. The Labute approximate surface area is 163 Å². The highest BCUT2D eigenvalue weighted by atomic mass is 32.2. The maximum atomic E-state index is 12.3. The first-order valence-electron chi connectivity index (χ1n) is 8.38. The van der Waals surface area contributed by atoms with Crippen LogP contribution in [0.4, 0.5) is 5.69 Å². The topological polar surface area (TPSA) is 111 Å². The molecule has 0 atom stereocenters. The predicted octanol–water partition coefficient (Wildman–Crippen LogP) is 1.98. The van der Waals surface area contributed by atoms with E-state index in [-0.39, 0.29) is 17.4 Å². The maximum Gasteiger partial charge on any atom is 0.321 e. The van der Waals surface area contributed by atoms with Gasteiger partial charge in [-0.1, -0.05) is 11.6 Å². The summed E-state index contributed by atoms with van der Waals surface area (Å²) in [6, 6.07) is 11.0. The number of carbonyl (C=O) groups excluding carboxylic acids is 2. The van der Waals surface area contributed by atoms with E-state index in [1.165, 1.54) is 38.3 Å². The monoisotopic (exact) mass is 406 g/mol. The fourth-order valence-corrected chi connectivity index (χ4v) is 3.36. The molecule has 0 aliphatic carbocycles. The molecule has 0 spiro atoms. The Hall–Kier alpha value is -2.91. The van der Waals surface area contributed by atoms with Gasteiger partial charge in [-0.15, -0.1) is 0 Å². The van der Waals surface area contributed by atoms with Gasteiger partial charge in [-0.25, -0.2) is 8.42 Å². The lowest BCUT2D eigenvalue weighted by molar-refractivity contribution is -0.143. The minimum atomic E-state index is -3.89. The van der Waals surface area contributed by atoms with Gasteiger partial charge in [-0.3, -0.25) is 9.59 Å². The van der Waals surface area contributed by atoms with Crippen LogP contribution in [-0.4, -0.2) is 33.9 Å². The average molecular weight is 406 g/mol. The molecule has 0 aromatic heterocycles. The van der Waals surface area contributed by atoms with Gasteiger partial charge in [0, 0.05) is 18.2 Å². The van der Waals surface area contributed by atoms with Gasteiger partial charge in [-0.2, -0.15) is 4.72 Å². The van der Waals surface area contributed by atoms with Crippen LogP contribution < -0.4 is 14.8 Å². The first-order valence-corrected chi connectivity index (χ1v) is 9.86. The van der Waals surface area contributed by atoms with E-state index in [0.717, 1.165) is 5.56 Å². The molecule has 2 aromatic carbocycles. The molecule has 28 heavy (non-hydrogen) atoms. The second-order valence-corrected chi connectivity index (χ2v) is 7.77. The lowest BCUT2D eigenvalue weighted by atomic mass is 10.1. The van der Waals surface area contributed by atoms with Crippen molar-refractivity contribution in [2.24, 2.45) is 0 Å². The molecular formula is C19H22N2O6S. The Balaban J connectivity index is 1.92. The number of hydrogen-bond donors (Lipinski definition) is 2. The number of carbonyl (C=O) groups is 2. The van der Waals surface area contributed by atoms with Crippen LogP contribution in [0.1, 0.15) is 18.1 Å². The van der Waals surface area contributed by atoms with Crippen LogP contribution >= 0.6 is 0 Å². The Morgan fingerprint density at radius 3 is 2.36 bits per heavy atom. The van der Waals surface area contributed by atoms with E-state index in [9.17, 15) is 18.0 Å². The zero-order valence-electron chi connectivity index (χ0n) is 15.8. The highest BCUT2D eigenvalue weighted by Crippen LogP contribution is 2.20. The summed E-state index contributed by atoms with van der Waals surface area (Å²) >= 11 is 0. The van der Waals surface area contributed by atoms with Crippen LogP contribution in [0.3, 0.4) is 0 Å². The van der Waals surface area contributed by atoms with Gasteiger partial charge in [0.2, 0.25) is 15.9 Å². The number of aryl methyl sites for hydroxylation is 1. The Morgan fingerprint density at radius 1 is 1.07 bits per heavy atom. The molecule has 0 heterocycles. The average Bonchev–Trinajstić information content (AvgIpc) is 2.65. The Morgan fingerprint density at radius 2 is 1.75 bits per heavy atom. The van der Waals surface area contributed by atoms with Crippen molar-refractivity contribution in [2.45, 2.75) is 25.3 Å². The number of rotatable bonds is 8. The van der Waals surface area contributed by atoms with Crippen LogP contribution in [0.5, 0.6) is 5.75 Å². The van der Waals surface area contributed by atoms with Crippen LogP contribution in [0.2, 0.25) is 0 Å². The number of esters is 1. The van der Waals surface area contributed by atoms with Gasteiger partial charge >= 0.3 is 5.97 Å². The van der Waals surface area contributed by atoms with Crippen LogP contribution in [0.25, 0.3) is 0 Å². The SMILES string of the molecule is COc1ccc(C)cc1COC(=O)CNS(=O)(=O)c1ccc(NC(C)=O)cc1. The number of amides is 1. The normalized spacial score (nSPS) is 11.0. The standard InChI is InChI=1S/C19H22N2O6S/c1-13-4-9-18(26-3)15(10-13)12-27-19(23)11-20-28(24,25)17-7-5-16(6-8-17)21-14(2)22/h4-10,20H,11-12H2,1-3H3,(H,21,22). The second kappa shape index (κ2) is 9.34. The molecule has 9 heteroatoms. The lowest BCUT2D eigenvalue weighted by Gasteiger charge is -2.11. The van der Waals surface area contributed by atoms with E-state index in [4.69, 9.17) is 9.47 Å². The van der Waals surface area contributed by atoms with Crippen molar-refractivity contribution >= 4 is 27.6 Å². The molecule has 0 unspecified atom stereocenters. The predicted molar refractivity (Wildman–Crippen MR) is 103 cm³/mol. The summed E-state index contributed by atoms with van der Waals surface area (Å²) in [5.41, 5.74) is 2.14. The highest BCUT2D eigenvalue weighted by Gasteiger charge is 2.16. The fraction of sp³-hybridized carbons (Fsp3) is 0.263. The Bertz CT molecular complexity index is 955. The summed E-state index contributed by atoms with van der Waals surface area (Å²) < 4.78 is 37.1. The van der Waals surface area contributed by atoms with Crippen molar-refractivity contribution in [3.05, 3.63) is 53.6 Å². The molecule has 150 valence electrons. The smallest absolute Gasteiger partial charge is 0.321 e. The molecule has 0 fully saturated rings. The van der Waals surface area contributed by atoms with Crippen LogP contribution in [0.15, 0.2) is 47.4 Å². The Kier molecular flexibility index (Phi) is 7.13. The third-order valence-corrected chi connectivity index (χ3v) is 5.13. The number of sulfonamides is 1. The van der Waals surface area contributed by atoms with Gasteiger partial charge in [0.1, 0.15) is 18.9 Å². The molecule has 0 aliphatic heterocycles. The number of ether oxygens (including phenoxy) is 2. The lowest BCUT2D eigenvalue weighted by Crippen LogP contribution is -2.30. The summed E-state index contributed by atoms with van der Waals surface area (Å²) in [4.78, 5) is 22.9. The van der Waals surface area contributed by atoms with Gasteiger partial charge in [-0.05, 0) is 43.3 Å². The number of benzene rings is 2. The van der Waals surface area contributed by atoms with E-state index < -0.39 is 22.5 Å². The van der Waals surface area contributed by atoms with Crippen molar-refractivity contribution < 1.29 is 27.5 Å². The molecule has 2 N–H and O–H groups in total. The highest BCUT2D eigenvalue weighted by molar-refractivity contribution is 7.89. The van der Waals surface area contributed by atoms with E-state index >= 15 is 0 Å². The molecule has 2 aromatic rings. The van der Waals surface area contributed by atoms with Gasteiger partial charge in [0.15, 0.2) is 0 Å². The van der Waals surface area contributed by atoms with Gasteiger partial charge in [0.25, 0.3) is 0 Å².